The van der Waals surface area contributed by atoms with Crippen LogP contribution in [0.3, 0.4) is 0 Å². The fraction of sp³-hybridized carbons (Fsp3) is 0.682. The van der Waals surface area contributed by atoms with Gasteiger partial charge in [0.2, 0.25) is 17.5 Å². The first-order chi connectivity index (χ1) is 18.0. The van der Waals surface area contributed by atoms with Gasteiger partial charge in [-0.25, -0.2) is 9.78 Å². The highest BCUT2D eigenvalue weighted by molar-refractivity contribution is 5.92. The third-order valence-corrected chi connectivity index (χ3v) is 6.86. The van der Waals surface area contributed by atoms with Crippen LogP contribution in [0.1, 0.15) is 47.9 Å². The van der Waals surface area contributed by atoms with E-state index in [-0.39, 0.29) is 11.8 Å². The van der Waals surface area contributed by atoms with Crippen LogP contribution in [-0.2, 0) is 16.1 Å². The molecule has 2 saturated heterocycles. The summed E-state index contributed by atoms with van der Waals surface area (Å²) < 4.78 is 37.0. The number of hydrogen-bond donors (Lipinski definition) is 2. The predicted molar refractivity (Wildman–Crippen MR) is 121 cm³/mol. The third-order valence-electron chi connectivity index (χ3n) is 6.86. The van der Waals surface area contributed by atoms with Crippen LogP contribution in [0.15, 0.2) is 10.8 Å². The number of aliphatic carboxylic acids is 1. The number of aryl methyl sites for hydroxylation is 2. The molecular formula is C22H29F3N8O5. The topological polar surface area (TPSA) is 160 Å². The molecule has 2 aromatic rings. The Morgan fingerprint density at radius 3 is 2.29 bits per heavy atom. The van der Waals surface area contributed by atoms with Crippen LogP contribution in [0.4, 0.5) is 13.2 Å². The van der Waals surface area contributed by atoms with Crippen LogP contribution >= 0.6 is 0 Å². The Kier molecular flexibility index (Phi) is 7.99. The van der Waals surface area contributed by atoms with E-state index < -0.39 is 18.2 Å². The third kappa shape index (κ3) is 6.28. The molecule has 0 radical (unpaired) electrons. The maximum absolute atomic E-state index is 13.1. The Bertz CT molecular complexity index is 1150. The average molecular weight is 543 g/mol. The van der Waals surface area contributed by atoms with Gasteiger partial charge in [0.25, 0.3) is 5.91 Å². The summed E-state index contributed by atoms with van der Waals surface area (Å²) in [5.41, 5.74) is 0.612. The molecule has 2 N–H and O–H groups in total. The summed E-state index contributed by atoms with van der Waals surface area (Å²) in [6.07, 6.45) is -1.42. The Balaban J connectivity index is 0.000000426. The van der Waals surface area contributed by atoms with Crippen LogP contribution in [0.5, 0.6) is 0 Å². The van der Waals surface area contributed by atoms with E-state index in [1.807, 2.05) is 11.8 Å². The fourth-order valence-corrected chi connectivity index (χ4v) is 4.67. The Morgan fingerprint density at radius 2 is 1.82 bits per heavy atom. The second-order valence-corrected chi connectivity index (χ2v) is 9.68. The van der Waals surface area contributed by atoms with Crippen LogP contribution in [0.2, 0.25) is 0 Å². The number of hydrogen-bond acceptors (Lipinski definition) is 9. The molecule has 208 valence electrons. The highest BCUT2D eigenvalue weighted by Crippen LogP contribution is 2.36. The zero-order valence-electron chi connectivity index (χ0n) is 20.9. The van der Waals surface area contributed by atoms with Crippen LogP contribution in [-0.4, -0.2) is 96.8 Å². The van der Waals surface area contributed by atoms with Gasteiger partial charge in [0.15, 0.2) is 12.4 Å². The van der Waals surface area contributed by atoms with E-state index in [9.17, 15) is 22.8 Å². The first-order valence-electron chi connectivity index (χ1n) is 12.3. The normalized spacial score (nSPS) is 22.0. The first-order valence-corrected chi connectivity index (χ1v) is 12.3. The SMILES string of the molecule is CCn1nnc(C(C(=O)NCC2CC2)N2CC3CN(C(=O)c4ocnc4C)CC3C2)n1.O=C(O)C(F)(F)F. The van der Waals surface area contributed by atoms with Crippen molar-refractivity contribution in [3.05, 3.63) is 23.7 Å². The molecule has 3 aliphatic rings. The molecule has 3 unspecified atom stereocenters. The second kappa shape index (κ2) is 11.0. The summed E-state index contributed by atoms with van der Waals surface area (Å²) in [6.45, 7) is 7.74. The lowest BCUT2D eigenvalue weighted by Gasteiger charge is -2.26. The maximum Gasteiger partial charge on any atom is 0.490 e. The Labute approximate surface area is 215 Å². The second-order valence-electron chi connectivity index (χ2n) is 9.68. The number of likely N-dealkylation sites (tertiary alicyclic amines) is 2. The molecule has 0 aromatic carbocycles. The van der Waals surface area contributed by atoms with Crippen molar-refractivity contribution in [1.29, 1.82) is 0 Å². The van der Waals surface area contributed by atoms with Crippen molar-refractivity contribution in [1.82, 2.24) is 40.3 Å². The number of alkyl halides is 3. The van der Waals surface area contributed by atoms with E-state index in [1.165, 1.54) is 24.0 Å². The van der Waals surface area contributed by atoms with Crippen molar-refractivity contribution in [3.63, 3.8) is 0 Å². The zero-order valence-corrected chi connectivity index (χ0v) is 20.9. The summed E-state index contributed by atoms with van der Waals surface area (Å²) in [5.74, 6) is -0.974. The zero-order chi connectivity index (χ0) is 27.6. The molecule has 2 amide bonds. The summed E-state index contributed by atoms with van der Waals surface area (Å²) in [4.78, 5) is 44.3. The largest absolute Gasteiger partial charge is 0.490 e. The van der Waals surface area contributed by atoms with E-state index in [4.69, 9.17) is 14.3 Å². The fourth-order valence-electron chi connectivity index (χ4n) is 4.67. The predicted octanol–water partition coefficient (Wildman–Crippen LogP) is 0.894. The van der Waals surface area contributed by atoms with Crippen LogP contribution < -0.4 is 5.32 Å². The lowest BCUT2D eigenvalue weighted by Crippen LogP contribution is -2.42. The highest BCUT2D eigenvalue weighted by Gasteiger charge is 2.47. The van der Waals surface area contributed by atoms with Gasteiger partial charge in [0.05, 0.1) is 12.2 Å². The number of rotatable bonds is 7. The van der Waals surface area contributed by atoms with Crippen LogP contribution in [0, 0.1) is 24.7 Å². The molecule has 4 heterocycles. The van der Waals surface area contributed by atoms with E-state index in [0.717, 1.165) is 0 Å². The summed E-state index contributed by atoms with van der Waals surface area (Å²) in [6, 6.07) is -0.551. The summed E-state index contributed by atoms with van der Waals surface area (Å²) >= 11 is 0. The molecule has 3 atom stereocenters. The minimum absolute atomic E-state index is 0.0623. The van der Waals surface area contributed by atoms with Crippen molar-refractivity contribution in [3.8, 4) is 0 Å². The molecule has 16 heteroatoms. The molecule has 5 rings (SSSR count). The van der Waals surface area contributed by atoms with Gasteiger partial charge >= 0.3 is 12.1 Å². The van der Waals surface area contributed by atoms with E-state index >= 15 is 0 Å². The number of nitrogens with one attached hydrogen (secondary N) is 1. The minimum atomic E-state index is -5.08. The molecule has 3 fully saturated rings. The van der Waals surface area contributed by atoms with Crippen molar-refractivity contribution in [2.24, 2.45) is 17.8 Å². The monoisotopic (exact) mass is 542 g/mol. The lowest BCUT2D eigenvalue weighted by molar-refractivity contribution is -0.192. The smallest absolute Gasteiger partial charge is 0.475 e. The highest BCUT2D eigenvalue weighted by atomic mass is 19.4. The van der Waals surface area contributed by atoms with Gasteiger partial charge in [0.1, 0.15) is 0 Å². The molecule has 2 aliphatic heterocycles. The Morgan fingerprint density at radius 1 is 1.18 bits per heavy atom. The number of amides is 2. The quantitative estimate of drug-likeness (QED) is 0.514. The average Bonchev–Trinajstić information content (AvgIpc) is 3.19. The van der Waals surface area contributed by atoms with Crippen LogP contribution in [0.25, 0.3) is 0 Å². The number of tetrazole rings is 1. The van der Waals surface area contributed by atoms with Gasteiger partial charge in [-0.1, -0.05) is 0 Å². The number of nitrogens with zero attached hydrogens (tertiary/aromatic N) is 7. The number of oxazole rings is 1. The molecule has 0 bridgehead atoms. The van der Waals surface area contributed by atoms with E-state index in [1.54, 1.807) is 6.92 Å². The molecule has 38 heavy (non-hydrogen) atoms. The number of aromatic nitrogens is 5. The number of fused-ring (bicyclic) bond motifs is 1. The van der Waals surface area contributed by atoms with E-state index in [0.29, 0.717) is 74.3 Å². The number of carboxylic acid groups (broad SMARTS) is 1. The number of carbonyl (C=O) groups is 3. The molecule has 1 aliphatic carbocycles. The van der Waals surface area contributed by atoms with Crippen molar-refractivity contribution in [2.75, 3.05) is 32.7 Å². The van der Waals surface area contributed by atoms with Gasteiger partial charge in [-0.05, 0) is 49.7 Å². The minimum Gasteiger partial charge on any atom is -0.475 e. The molecule has 1 saturated carbocycles. The van der Waals surface area contributed by atoms with Gasteiger partial charge < -0.3 is 19.7 Å². The lowest BCUT2D eigenvalue weighted by atomic mass is 10.0. The summed E-state index contributed by atoms with van der Waals surface area (Å²) in [7, 11) is 0. The maximum atomic E-state index is 13.1. The number of carbonyl (C=O) groups excluding carboxylic acids is 2. The van der Waals surface area contributed by atoms with Crippen molar-refractivity contribution < 1.29 is 37.1 Å². The number of halogens is 3. The first kappa shape index (κ1) is 27.5. The van der Waals surface area contributed by atoms with Gasteiger partial charge in [-0.2, -0.15) is 18.0 Å². The van der Waals surface area contributed by atoms with Gasteiger partial charge in [0, 0.05) is 32.7 Å². The van der Waals surface area contributed by atoms with E-state index in [2.05, 4.69) is 30.6 Å². The molecule has 2 aromatic heterocycles. The number of carboxylic acids is 1. The van der Waals surface area contributed by atoms with Crippen molar-refractivity contribution in [2.45, 2.75) is 45.5 Å². The molecular weight excluding hydrogens is 513 g/mol. The van der Waals surface area contributed by atoms with Gasteiger partial charge in [-0.15, -0.1) is 10.2 Å². The Hall–Kier alpha value is -3.56. The van der Waals surface area contributed by atoms with Gasteiger partial charge in [-0.3, -0.25) is 14.5 Å². The molecule has 13 nitrogen and oxygen atoms in total. The summed E-state index contributed by atoms with van der Waals surface area (Å²) in [5, 5.41) is 22.9. The van der Waals surface area contributed by atoms with Crippen molar-refractivity contribution >= 4 is 17.8 Å². The standard InChI is InChI=1S/C20H28N8O3.C2HF3O2/c1-3-28-24-18(23-25-28)16(19(29)21-6-13-4-5-13)26-7-14-9-27(10-15(14)8-26)20(30)17-12(2)22-11-31-17;3-2(4,5)1(6)7/h11,13-16H,3-10H2,1-2H3,(H,21,29);(H,6,7). The molecule has 0 spiro atoms.